The van der Waals surface area contributed by atoms with Crippen molar-refractivity contribution in [1.82, 2.24) is 14.8 Å². The van der Waals surface area contributed by atoms with Crippen molar-refractivity contribution < 1.29 is 9.84 Å². The first-order valence-electron chi connectivity index (χ1n) is 6.02. The molecule has 0 bridgehead atoms. The lowest BCUT2D eigenvalue weighted by Crippen LogP contribution is -2.18. The maximum atomic E-state index is 9.26. The van der Waals surface area contributed by atoms with E-state index in [2.05, 4.69) is 14.8 Å². The molecule has 1 aromatic rings. The van der Waals surface area contributed by atoms with Crippen LogP contribution in [0.1, 0.15) is 49.3 Å². The van der Waals surface area contributed by atoms with Crippen LogP contribution in [0.4, 0.5) is 0 Å². The highest BCUT2D eigenvalue weighted by Gasteiger charge is 2.32. The van der Waals surface area contributed by atoms with Gasteiger partial charge in [0.15, 0.2) is 5.82 Å². The SMILES string of the molecule is OCc1nnc(C2CCOCC2)n1C1CC1. The lowest BCUT2D eigenvalue weighted by molar-refractivity contribution is 0.0826. The summed E-state index contributed by atoms with van der Waals surface area (Å²) in [6, 6.07) is 0.537. The molecule has 0 aromatic carbocycles. The fourth-order valence-electron chi connectivity index (χ4n) is 2.41. The molecule has 2 heterocycles. The van der Waals surface area contributed by atoms with Crippen LogP contribution in [0.3, 0.4) is 0 Å². The fourth-order valence-corrected chi connectivity index (χ4v) is 2.41. The van der Waals surface area contributed by atoms with Gasteiger partial charge in [-0.2, -0.15) is 0 Å². The lowest BCUT2D eigenvalue weighted by atomic mass is 9.99. The number of aliphatic hydroxyl groups is 1. The number of ether oxygens (including phenoxy) is 1. The van der Waals surface area contributed by atoms with Gasteiger partial charge in [-0.15, -0.1) is 10.2 Å². The highest BCUT2D eigenvalue weighted by Crippen LogP contribution is 2.39. The Morgan fingerprint density at radius 3 is 2.56 bits per heavy atom. The number of aromatic nitrogens is 3. The second-order valence-corrected chi connectivity index (χ2v) is 4.62. The molecule has 1 aliphatic carbocycles. The molecule has 2 aliphatic rings. The van der Waals surface area contributed by atoms with E-state index in [9.17, 15) is 5.11 Å². The molecule has 0 radical (unpaired) electrons. The topological polar surface area (TPSA) is 60.2 Å². The summed E-state index contributed by atoms with van der Waals surface area (Å²) in [5, 5.41) is 17.6. The van der Waals surface area contributed by atoms with Crippen LogP contribution >= 0.6 is 0 Å². The van der Waals surface area contributed by atoms with Gasteiger partial charge in [0.05, 0.1) is 0 Å². The number of nitrogens with zero attached hydrogens (tertiary/aromatic N) is 3. The van der Waals surface area contributed by atoms with Crippen LogP contribution in [-0.2, 0) is 11.3 Å². The third-order valence-electron chi connectivity index (χ3n) is 3.43. The third-order valence-corrected chi connectivity index (χ3v) is 3.43. The van der Waals surface area contributed by atoms with Crippen LogP contribution in [-0.4, -0.2) is 33.1 Å². The fraction of sp³-hybridized carbons (Fsp3) is 0.818. The van der Waals surface area contributed by atoms with Crippen LogP contribution in [0.25, 0.3) is 0 Å². The second-order valence-electron chi connectivity index (χ2n) is 4.62. The van der Waals surface area contributed by atoms with E-state index >= 15 is 0 Å². The summed E-state index contributed by atoms with van der Waals surface area (Å²) in [5.41, 5.74) is 0. The Balaban J connectivity index is 1.89. The van der Waals surface area contributed by atoms with E-state index in [1.54, 1.807) is 0 Å². The minimum absolute atomic E-state index is 0.00722. The minimum Gasteiger partial charge on any atom is -0.388 e. The maximum Gasteiger partial charge on any atom is 0.159 e. The van der Waals surface area contributed by atoms with E-state index in [4.69, 9.17) is 4.74 Å². The number of hydrogen-bond acceptors (Lipinski definition) is 4. The lowest BCUT2D eigenvalue weighted by Gasteiger charge is -2.22. The molecule has 1 saturated heterocycles. The average Bonchev–Trinajstić information content (AvgIpc) is 3.09. The van der Waals surface area contributed by atoms with E-state index < -0.39 is 0 Å². The van der Waals surface area contributed by atoms with Gasteiger partial charge in [0, 0.05) is 25.2 Å². The summed E-state index contributed by atoms with van der Waals surface area (Å²) < 4.78 is 7.53. The minimum atomic E-state index is -0.00722. The van der Waals surface area contributed by atoms with E-state index in [1.807, 2.05) is 0 Å². The Labute approximate surface area is 94.4 Å². The molecule has 1 saturated carbocycles. The molecule has 0 unspecified atom stereocenters. The van der Waals surface area contributed by atoms with Crippen LogP contribution < -0.4 is 0 Å². The van der Waals surface area contributed by atoms with E-state index in [1.165, 1.54) is 12.8 Å². The van der Waals surface area contributed by atoms with E-state index in [0.717, 1.165) is 37.7 Å². The van der Waals surface area contributed by atoms with Gasteiger partial charge in [-0.1, -0.05) is 0 Å². The van der Waals surface area contributed by atoms with E-state index in [0.29, 0.717) is 12.0 Å². The largest absolute Gasteiger partial charge is 0.388 e. The summed E-state index contributed by atoms with van der Waals surface area (Å²) in [6.45, 7) is 1.63. The number of rotatable bonds is 3. The smallest absolute Gasteiger partial charge is 0.159 e. The molecule has 0 atom stereocenters. The zero-order chi connectivity index (χ0) is 11.0. The molecule has 0 amide bonds. The Hall–Kier alpha value is -0.940. The first kappa shape index (κ1) is 10.2. The molecular formula is C11H17N3O2. The summed E-state index contributed by atoms with van der Waals surface area (Å²) in [6.07, 6.45) is 4.44. The van der Waals surface area contributed by atoms with Crippen molar-refractivity contribution in [2.75, 3.05) is 13.2 Å². The van der Waals surface area contributed by atoms with Gasteiger partial charge in [-0.3, -0.25) is 0 Å². The third kappa shape index (κ3) is 1.74. The van der Waals surface area contributed by atoms with Crippen LogP contribution in [0.15, 0.2) is 0 Å². The molecule has 1 aliphatic heterocycles. The monoisotopic (exact) mass is 223 g/mol. The van der Waals surface area contributed by atoms with Crippen molar-refractivity contribution in [2.45, 2.75) is 44.2 Å². The van der Waals surface area contributed by atoms with Gasteiger partial charge < -0.3 is 14.4 Å². The summed E-state index contributed by atoms with van der Waals surface area (Å²) in [5.74, 6) is 2.25. The van der Waals surface area contributed by atoms with Crippen molar-refractivity contribution in [3.63, 3.8) is 0 Å². The van der Waals surface area contributed by atoms with Crippen molar-refractivity contribution >= 4 is 0 Å². The average molecular weight is 223 g/mol. The number of hydrogen-bond donors (Lipinski definition) is 1. The normalized spacial score (nSPS) is 22.6. The van der Waals surface area contributed by atoms with Gasteiger partial charge in [0.1, 0.15) is 12.4 Å². The molecular weight excluding hydrogens is 206 g/mol. The van der Waals surface area contributed by atoms with Gasteiger partial charge in [0.2, 0.25) is 0 Å². The molecule has 0 spiro atoms. The summed E-state index contributed by atoms with van der Waals surface area (Å²) in [4.78, 5) is 0. The standard InChI is InChI=1S/C11H17N3O2/c15-7-10-12-13-11(14(10)9-1-2-9)8-3-5-16-6-4-8/h8-9,15H,1-7H2. The van der Waals surface area contributed by atoms with Crippen molar-refractivity contribution in [3.8, 4) is 0 Å². The van der Waals surface area contributed by atoms with E-state index in [-0.39, 0.29) is 6.61 Å². The predicted octanol–water partition coefficient (Wildman–Crippen LogP) is 0.999. The van der Waals surface area contributed by atoms with Crippen LogP contribution in [0, 0.1) is 0 Å². The van der Waals surface area contributed by atoms with Crippen molar-refractivity contribution in [3.05, 3.63) is 11.6 Å². The predicted molar refractivity (Wildman–Crippen MR) is 57.0 cm³/mol. The summed E-state index contributed by atoms with van der Waals surface area (Å²) in [7, 11) is 0. The second kappa shape index (κ2) is 4.14. The molecule has 1 aromatic heterocycles. The molecule has 5 heteroatoms. The highest BCUT2D eigenvalue weighted by molar-refractivity contribution is 5.07. The van der Waals surface area contributed by atoms with Gasteiger partial charge in [0.25, 0.3) is 0 Å². The van der Waals surface area contributed by atoms with Gasteiger partial charge in [-0.05, 0) is 25.7 Å². The summed E-state index contributed by atoms with van der Waals surface area (Å²) >= 11 is 0. The molecule has 5 nitrogen and oxygen atoms in total. The molecule has 88 valence electrons. The molecule has 3 rings (SSSR count). The van der Waals surface area contributed by atoms with Crippen molar-refractivity contribution in [2.24, 2.45) is 0 Å². The zero-order valence-electron chi connectivity index (χ0n) is 9.30. The highest BCUT2D eigenvalue weighted by atomic mass is 16.5. The van der Waals surface area contributed by atoms with Gasteiger partial charge >= 0.3 is 0 Å². The Morgan fingerprint density at radius 2 is 1.94 bits per heavy atom. The first-order chi connectivity index (χ1) is 7.90. The molecule has 16 heavy (non-hydrogen) atoms. The number of aliphatic hydroxyl groups excluding tert-OH is 1. The maximum absolute atomic E-state index is 9.26. The van der Waals surface area contributed by atoms with Crippen LogP contribution in [0.2, 0.25) is 0 Å². The Bertz CT molecular complexity index is 367. The quantitative estimate of drug-likeness (QED) is 0.830. The Kier molecular flexibility index (Phi) is 2.65. The van der Waals surface area contributed by atoms with Crippen LogP contribution in [0.5, 0.6) is 0 Å². The van der Waals surface area contributed by atoms with Crippen molar-refractivity contribution in [1.29, 1.82) is 0 Å². The zero-order valence-corrected chi connectivity index (χ0v) is 9.30. The molecule has 1 N–H and O–H groups in total. The first-order valence-corrected chi connectivity index (χ1v) is 6.02. The molecule has 2 fully saturated rings. The Morgan fingerprint density at radius 1 is 1.19 bits per heavy atom. The van der Waals surface area contributed by atoms with Gasteiger partial charge in [-0.25, -0.2) is 0 Å².